The molecular formula is C19H20BrN3O. The molecule has 3 aromatic rings. The van der Waals surface area contributed by atoms with Gasteiger partial charge in [0.25, 0.3) is 5.91 Å². The second kappa shape index (κ2) is 6.77. The molecule has 1 aromatic carbocycles. The quantitative estimate of drug-likeness (QED) is 0.692. The van der Waals surface area contributed by atoms with E-state index in [4.69, 9.17) is 4.98 Å². The largest absolute Gasteiger partial charge is 0.320 e. The second-order valence-corrected chi connectivity index (χ2v) is 6.88. The molecule has 0 spiro atoms. The monoisotopic (exact) mass is 385 g/mol. The fourth-order valence-electron chi connectivity index (χ4n) is 2.86. The number of rotatable bonds is 4. The summed E-state index contributed by atoms with van der Waals surface area (Å²) in [6.07, 6.45) is 3.62. The van der Waals surface area contributed by atoms with Gasteiger partial charge in [0.15, 0.2) is 0 Å². The Hall–Kier alpha value is -2.14. The third kappa shape index (κ3) is 3.08. The zero-order chi connectivity index (χ0) is 17.3. The molecule has 0 aliphatic heterocycles. The molecule has 0 saturated heterocycles. The Morgan fingerprint density at radius 2 is 2.00 bits per heavy atom. The van der Waals surface area contributed by atoms with Gasteiger partial charge in [0, 0.05) is 16.4 Å². The maximum absolute atomic E-state index is 13.0. The number of aryl methyl sites for hydroxylation is 3. The molecule has 1 N–H and O–H groups in total. The number of carbonyl (C=O) groups excluding carboxylic acids is 1. The maximum Gasteiger partial charge on any atom is 0.274 e. The van der Waals surface area contributed by atoms with Crippen LogP contribution in [0.4, 0.5) is 5.69 Å². The van der Waals surface area contributed by atoms with E-state index in [9.17, 15) is 4.79 Å². The first-order valence-corrected chi connectivity index (χ1v) is 8.84. The highest BCUT2D eigenvalue weighted by molar-refractivity contribution is 9.10. The number of halogens is 1. The molecule has 5 heteroatoms. The Morgan fingerprint density at radius 1 is 1.25 bits per heavy atom. The molecular weight excluding hydrogens is 366 g/mol. The summed E-state index contributed by atoms with van der Waals surface area (Å²) in [5, 5.41) is 3.03. The number of hydrogen-bond donors (Lipinski definition) is 1. The Kier molecular flexibility index (Phi) is 4.71. The number of carbonyl (C=O) groups is 1. The standard InChI is InChI=1S/C19H20BrN3O/c1-4-7-16-17(19(24)22-15-9-6-5-8-12(15)2)23-11-14(20)10-13(3)18(23)21-16/h5-6,8-11H,4,7H2,1-3H3,(H,22,24). The molecule has 0 atom stereocenters. The molecule has 0 saturated carbocycles. The van der Waals surface area contributed by atoms with Crippen LogP contribution in [0.2, 0.25) is 0 Å². The number of para-hydroxylation sites is 1. The number of pyridine rings is 1. The summed E-state index contributed by atoms with van der Waals surface area (Å²) >= 11 is 3.51. The van der Waals surface area contributed by atoms with Gasteiger partial charge in [-0.2, -0.15) is 0 Å². The van der Waals surface area contributed by atoms with Crippen molar-refractivity contribution in [3.05, 3.63) is 63.5 Å². The Labute approximate surface area is 150 Å². The minimum atomic E-state index is -0.127. The molecule has 0 fully saturated rings. The molecule has 124 valence electrons. The molecule has 2 aromatic heterocycles. The minimum absolute atomic E-state index is 0.127. The number of amides is 1. The number of fused-ring (bicyclic) bond motifs is 1. The molecule has 0 aliphatic rings. The smallest absolute Gasteiger partial charge is 0.274 e. The lowest BCUT2D eigenvalue weighted by Gasteiger charge is -2.09. The van der Waals surface area contributed by atoms with E-state index in [1.54, 1.807) is 0 Å². The van der Waals surface area contributed by atoms with Crippen LogP contribution in [-0.2, 0) is 6.42 Å². The molecule has 3 rings (SSSR count). The van der Waals surface area contributed by atoms with Crippen LogP contribution < -0.4 is 5.32 Å². The number of nitrogens with zero attached hydrogens (tertiary/aromatic N) is 2. The first-order chi connectivity index (χ1) is 11.5. The number of anilines is 1. The van der Waals surface area contributed by atoms with E-state index in [0.29, 0.717) is 5.69 Å². The summed E-state index contributed by atoms with van der Waals surface area (Å²) in [6, 6.07) is 9.79. The van der Waals surface area contributed by atoms with Gasteiger partial charge in [-0.3, -0.25) is 9.20 Å². The first-order valence-electron chi connectivity index (χ1n) is 8.05. The van der Waals surface area contributed by atoms with Crippen molar-refractivity contribution < 1.29 is 4.79 Å². The highest BCUT2D eigenvalue weighted by atomic mass is 79.9. The zero-order valence-electron chi connectivity index (χ0n) is 14.1. The van der Waals surface area contributed by atoms with E-state index in [0.717, 1.165) is 45.5 Å². The van der Waals surface area contributed by atoms with E-state index >= 15 is 0 Å². The van der Waals surface area contributed by atoms with E-state index in [-0.39, 0.29) is 5.91 Å². The second-order valence-electron chi connectivity index (χ2n) is 5.96. The van der Waals surface area contributed by atoms with Crippen molar-refractivity contribution in [2.24, 2.45) is 0 Å². The average molecular weight is 386 g/mol. The molecule has 4 nitrogen and oxygen atoms in total. The number of benzene rings is 1. The number of imidazole rings is 1. The SMILES string of the molecule is CCCc1nc2c(C)cc(Br)cn2c1C(=O)Nc1ccccc1C. The van der Waals surface area contributed by atoms with Crippen molar-refractivity contribution in [2.75, 3.05) is 5.32 Å². The summed E-state index contributed by atoms with van der Waals surface area (Å²) < 4.78 is 2.82. The van der Waals surface area contributed by atoms with Crippen molar-refractivity contribution >= 4 is 33.2 Å². The van der Waals surface area contributed by atoms with Crippen molar-refractivity contribution in [3.63, 3.8) is 0 Å². The fourth-order valence-corrected chi connectivity index (χ4v) is 3.41. The summed E-state index contributed by atoms with van der Waals surface area (Å²) in [4.78, 5) is 17.7. The van der Waals surface area contributed by atoms with Crippen LogP contribution in [-0.4, -0.2) is 15.3 Å². The third-order valence-electron chi connectivity index (χ3n) is 4.04. The van der Waals surface area contributed by atoms with E-state index in [1.807, 2.05) is 54.8 Å². The lowest BCUT2D eigenvalue weighted by Crippen LogP contribution is -2.17. The van der Waals surface area contributed by atoms with E-state index in [1.165, 1.54) is 0 Å². The molecule has 0 aliphatic carbocycles. The first kappa shape index (κ1) is 16.7. The van der Waals surface area contributed by atoms with Crippen molar-refractivity contribution in [1.29, 1.82) is 0 Å². The highest BCUT2D eigenvalue weighted by Crippen LogP contribution is 2.23. The van der Waals surface area contributed by atoms with Gasteiger partial charge < -0.3 is 5.32 Å². The number of nitrogens with one attached hydrogen (secondary N) is 1. The predicted molar refractivity (Wildman–Crippen MR) is 101 cm³/mol. The lowest BCUT2D eigenvalue weighted by molar-refractivity contribution is 0.102. The van der Waals surface area contributed by atoms with E-state index in [2.05, 4.69) is 28.2 Å². The van der Waals surface area contributed by atoms with Crippen LogP contribution in [0.1, 0.15) is 40.7 Å². The summed E-state index contributed by atoms with van der Waals surface area (Å²) in [7, 11) is 0. The zero-order valence-corrected chi connectivity index (χ0v) is 15.6. The van der Waals surface area contributed by atoms with Gasteiger partial charge in [-0.05, 0) is 59.5 Å². The average Bonchev–Trinajstić information content (AvgIpc) is 2.88. The van der Waals surface area contributed by atoms with Crippen LogP contribution in [0, 0.1) is 13.8 Å². The molecule has 0 unspecified atom stereocenters. The molecule has 2 heterocycles. The predicted octanol–water partition coefficient (Wildman–Crippen LogP) is 4.92. The van der Waals surface area contributed by atoms with Crippen LogP contribution in [0.25, 0.3) is 5.65 Å². The van der Waals surface area contributed by atoms with Crippen LogP contribution >= 0.6 is 15.9 Å². The Balaban J connectivity index is 2.11. The topological polar surface area (TPSA) is 46.4 Å². The molecule has 0 radical (unpaired) electrons. The van der Waals surface area contributed by atoms with Crippen LogP contribution in [0.3, 0.4) is 0 Å². The van der Waals surface area contributed by atoms with E-state index < -0.39 is 0 Å². The normalized spacial score (nSPS) is 11.0. The molecule has 1 amide bonds. The Bertz CT molecular complexity index is 914. The van der Waals surface area contributed by atoms with Gasteiger partial charge >= 0.3 is 0 Å². The van der Waals surface area contributed by atoms with Gasteiger partial charge in [0.05, 0.1) is 5.69 Å². The van der Waals surface area contributed by atoms with Gasteiger partial charge in [0.1, 0.15) is 11.3 Å². The highest BCUT2D eigenvalue weighted by Gasteiger charge is 2.20. The van der Waals surface area contributed by atoms with Gasteiger partial charge in [-0.15, -0.1) is 0 Å². The van der Waals surface area contributed by atoms with Gasteiger partial charge in [-0.25, -0.2) is 4.98 Å². The Morgan fingerprint density at radius 3 is 2.71 bits per heavy atom. The lowest BCUT2D eigenvalue weighted by atomic mass is 10.1. The number of aromatic nitrogens is 2. The molecule has 0 bridgehead atoms. The summed E-state index contributed by atoms with van der Waals surface area (Å²) in [6.45, 7) is 6.08. The maximum atomic E-state index is 13.0. The summed E-state index contributed by atoms with van der Waals surface area (Å²) in [5.41, 5.74) is 5.18. The fraction of sp³-hybridized carbons (Fsp3) is 0.263. The van der Waals surface area contributed by atoms with Crippen LogP contribution in [0.15, 0.2) is 41.0 Å². The van der Waals surface area contributed by atoms with Crippen molar-refractivity contribution in [2.45, 2.75) is 33.6 Å². The minimum Gasteiger partial charge on any atom is -0.320 e. The van der Waals surface area contributed by atoms with Gasteiger partial charge in [-0.1, -0.05) is 31.5 Å². The van der Waals surface area contributed by atoms with Crippen LogP contribution in [0.5, 0.6) is 0 Å². The third-order valence-corrected chi connectivity index (χ3v) is 4.47. The van der Waals surface area contributed by atoms with Gasteiger partial charge in [0.2, 0.25) is 0 Å². The van der Waals surface area contributed by atoms with Crippen molar-refractivity contribution in [1.82, 2.24) is 9.38 Å². The van der Waals surface area contributed by atoms with Crippen molar-refractivity contribution in [3.8, 4) is 0 Å². The number of hydrogen-bond acceptors (Lipinski definition) is 2. The summed E-state index contributed by atoms with van der Waals surface area (Å²) in [5.74, 6) is -0.127. The molecule has 24 heavy (non-hydrogen) atoms.